The highest BCUT2D eigenvalue weighted by molar-refractivity contribution is 7.85. The van der Waals surface area contributed by atoms with Crippen molar-refractivity contribution in [1.82, 2.24) is 9.97 Å². The number of ether oxygens (including phenoxy) is 2. The van der Waals surface area contributed by atoms with Crippen molar-refractivity contribution in [3.63, 3.8) is 0 Å². The number of aromatic nitrogens is 2. The molecule has 8 heteroatoms. The van der Waals surface area contributed by atoms with E-state index in [1.165, 1.54) is 0 Å². The fourth-order valence-electron chi connectivity index (χ4n) is 3.41. The highest BCUT2D eigenvalue weighted by Crippen LogP contribution is 2.46. The molecule has 3 rings (SSSR count). The molecule has 0 N–H and O–H groups in total. The second-order valence-corrected chi connectivity index (χ2v) is 9.33. The van der Waals surface area contributed by atoms with Crippen molar-refractivity contribution in [2.24, 2.45) is 0 Å². The van der Waals surface area contributed by atoms with Crippen LogP contribution in [0.1, 0.15) is 39.8 Å². The molecule has 24 heavy (non-hydrogen) atoms. The molecular formula is C16H24ClN3O3S. The standard InChI is InChI=1S/C16H24ClN3O3S/c1-6-16-8-22-7-10(2)20(16)13-11(23-9-16)12(18-14(17)19-13)15(3,4)24(5)21/h10H,6-9H2,1-5H3/t10-,16?,24?/m1/s1. The molecular weight excluding hydrogens is 350 g/mol. The molecule has 0 radical (unpaired) electrons. The summed E-state index contributed by atoms with van der Waals surface area (Å²) >= 11 is 6.23. The fraction of sp³-hybridized carbons (Fsp3) is 0.750. The topological polar surface area (TPSA) is 64.5 Å². The van der Waals surface area contributed by atoms with Crippen LogP contribution in [0.2, 0.25) is 5.28 Å². The average Bonchev–Trinajstić information content (AvgIpc) is 2.53. The van der Waals surface area contributed by atoms with E-state index in [4.69, 9.17) is 21.1 Å². The lowest BCUT2D eigenvalue weighted by molar-refractivity contribution is -0.00263. The first-order valence-corrected chi connectivity index (χ1v) is 10.1. The van der Waals surface area contributed by atoms with Crippen LogP contribution in [0, 0.1) is 0 Å². The van der Waals surface area contributed by atoms with E-state index in [2.05, 4.69) is 28.7 Å². The Morgan fingerprint density at radius 1 is 1.42 bits per heavy atom. The maximum atomic E-state index is 12.2. The molecule has 2 aliphatic rings. The zero-order valence-electron chi connectivity index (χ0n) is 14.8. The molecule has 3 atom stereocenters. The zero-order valence-corrected chi connectivity index (χ0v) is 16.3. The van der Waals surface area contributed by atoms with Crippen LogP contribution in [-0.4, -0.2) is 51.8 Å². The second kappa shape index (κ2) is 6.11. The van der Waals surface area contributed by atoms with Crippen LogP contribution >= 0.6 is 11.6 Å². The van der Waals surface area contributed by atoms with E-state index in [1.54, 1.807) is 6.26 Å². The average molecular weight is 374 g/mol. The Morgan fingerprint density at radius 2 is 2.12 bits per heavy atom. The smallest absolute Gasteiger partial charge is 0.224 e. The molecule has 0 saturated carbocycles. The van der Waals surface area contributed by atoms with Crippen LogP contribution in [0.15, 0.2) is 0 Å². The third-order valence-corrected chi connectivity index (χ3v) is 6.96. The SMILES string of the molecule is CCC12COC[C@@H](C)N1c1nc(Cl)nc(C(C)(C)S(C)=O)c1OC2. The molecule has 0 spiro atoms. The van der Waals surface area contributed by atoms with E-state index >= 15 is 0 Å². The number of hydrogen-bond donors (Lipinski definition) is 0. The van der Waals surface area contributed by atoms with Gasteiger partial charge in [0.25, 0.3) is 0 Å². The van der Waals surface area contributed by atoms with Gasteiger partial charge in [-0.25, -0.2) is 4.98 Å². The Labute approximate surface area is 150 Å². The van der Waals surface area contributed by atoms with E-state index in [-0.39, 0.29) is 16.9 Å². The largest absolute Gasteiger partial charge is 0.485 e. The van der Waals surface area contributed by atoms with Gasteiger partial charge >= 0.3 is 0 Å². The third-order valence-electron chi connectivity index (χ3n) is 5.16. The van der Waals surface area contributed by atoms with Crippen molar-refractivity contribution in [3.05, 3.63) is 11.0 Å². The molecule has 2 aliphatic heterocycles. The molecule has 6 nitrogen and oxygen atoms in total. The second-order valence-electron chi connectivity index (χ2n) is 7.06. The number of morpholine rings is 1. The van der Waals surface area contributed by atoms with Gasteiger partial charge in [-0.05, 0) is 38.8 Å². The molecule has 1 fully saturated rings. The molecule has 0 aromatic carbocycles. The van der Waals surface area contributed by atoms with Gasteiger partial charge in [-0.1, -0.05) is 6.92 Å². The summed E-state index contributed by atoms with van der Waals surface area (Å²) < 4.78 is 23.5. The highest BCUT2D eigenvalue weighted by atomic mass is 35.5. The third kappa shape index (κ3) is 2.61. The molecule has 2 unspecified atom stereocenters. The van der Waals surface area contributed by atoms with E-state index in [9.17, 15) is 4.21 Å². The number of nitrogens with zero attached hydrogens (tertiary/aromatic N) is 3. The Morgan fingerprint density at radius 3 is 2.75 bits per heavy atom. The van der Waals surface area contributed by atoms with Crippen LogP contribution in [0.25, 0.3) is 0 Å². The van der Waals surface area contributed by atoms with Gasteiger partial charge in [0.05, 0.1) is 29.5 Å². The summed E-state index contributed by atoms with van der Waals surface area (Å²) in [4.78, 5) is 11.1. The van der Waals surface area contributed by atoms with E-state index < -0.39 is 15.5 Å². The van der Waals surface area contributed by atoms with Gasteiger partial charge in [-0.3, -0.25) is 4.21 Å². The Hall–Kier alpha value is -0.920. The first-order chi connectivity index (χ1) is 11.2. The lowest BCUT2D eigenvalue weighted by atomic mass is 9.90. The van der Waals surface area contributed by atoms with Gasteiger partial charge in [0.15, 0.2) is 11.6 Å². The fourth-order valence-corrected chi connectivity index (χ4v) is 3.98. The van der Waals surface area contributed by atoms with Gasteiger partial charge in [-0.15, -0.1) is 0 Å². The van der Waals surface area contributed by atoms with E-state index in [0.717, 1.165) is 6.42 Å². The summed E-state index contributed by atoms with van der Waals surface area (Å²) in [5, 5.41) is 0.150. The van der Waals surface area contributed by atoms with Crippen LogP contribution < -0.4 is 9.64 Å². The molecule has 0 aliphatic carbocycles. The maximum absolute atomic E-state index is 12.2. The Bertz CT molecular complexity index is 685. The van der Waals surface area contributed by atoms with Crippen molar-refractivity contribution in [2.75, 3.05) is 31.0 Å². The minimum Gasteiger partial charge on any atom is -0.485 e. The predicted molar refractivity (Wildman–Crippen MR) is 95.4 cm³/mol. The molecule has 134 valence electrons. The summed E-state index contributed by atoms with van der Waals surface area (Å²) in [5.41, 5.74) is 0.344. The summed E-state index contributed by atoms with van der Waals surface area (Å²) in [6, 6.07) is 0.149. The van der Waals surface area contributed by atoms with Gasteiger partial charge in [0, 0.05) is 17.1 Å². The molecule has 1 aromatic rings. The maximum Gasteiger partial charge on any atom is 0.224 e. The molecule has 1 aromatic heterocycles. The zero-order chi connectivity index (χ0) is 17.7. The summed E-state index contributed by atoms with van der Waals surface area (Å²) in [6.45, 7) is 9.71. The Balaban J connectivity index is 2.21. The van der Waals surface area contributed by atoms with Crippen LogP contribution in [0.3, 0.4) is 0 Å². The lowest BCUT2D eigenvalue weighted by Gasteiger charge is -2.53. The summed E-state index contributed by atoms with van der Waals surface area (Å²) in [5.74, 6) is 1.28. The van der Waals surface area contributed by atoms with Gasteiger partial charge in [-0.2, -0.15) is 4.98 Å². The predicted octanol–water partition coefficient (Wildman–Crippen LogP) is 2.51. The van der Waals surface area contributed by atoms with Crippen molar-refractivity contribution in [1.29, 1.82) is 0 Å². The first-order valence-electron chi connectivity index (χ1n) is 8.14. The van der Waals surface area contributed by atoms with Gasteiger partial charge < -0.3 is 14.4 Å². The van der Waals surface area contributed by atoms with Crippen molar-refractivity contribution < 1.29 is 13.7 Å². The van der Waals surface area contributed by atoms with Gasteiger partial charge in [0.1, 0.15) is 12.3 Å². The summed E-state index contributed by atoms with van der Waals surface area (Å²) in [7, 11) is -1.14. The molecule has 0 amide bonds. The quantitative estimate of drug-likeness (QED) is 0.758. The van der Waals surface area contributed by atoms with Crippen molar-refractivity contribution >= 4 is 28.2 Å². The van der Waals surface area contributed by atoms with Crippen molar-refractivity contribution in [2.45, 2.75) is 50.4 Å². The number of rotatable bonds is 3. The van der Waals surface area contributed by atoms with E-state index in [0.29, 0.717) is 37.1 Å². The monoisotopic (exact) mass is 373 g/mol. The highest BCUT2D eigenvalue weighted by Gasteiger charge is 2.49. The first kappa shape index (κ1) is 17.9. The van der Waals surface area contributed by atoms with Crippen molar-refractivity contribution in [3.8, 4) is 5.75 Å². The molecule has 3 heterocycles. The van der Waals surface area contributed by atoms with E-state index in [1.807, 2.05) is 13.8 Å². The number of hydrogen-bond acceptors (Lipinski definition) is 6. The van der Waals surface area contributed by atoms with Crippen LogP contribution in [-0.2, 0) is 20.3 Å². The number of fused-ring (bicyclic) bond motifs is 3. The van der Waals surface area contributed by atoms with Crippen LogP contribution in [0.4, 0.5) is 5.82 Å². The lowest BCUT2D eigenvalue weighted by Crippen LogP contribution is -2.65. The number of anilines is 1. The number of halogens is 1. The Kier molecular flexibility index (Phi) is 4.55. The molecule has 1 saturated heterocycles. The minimum atomic E-state index is -1.14. The minimum absolute atomic E-state index is 0.149. The molecule has 0 bridgehead atoms. The van der Waals surface area contributed by atoms with Crippen LogP contribution in [0.5, 0.6) is 5.75 Å². The summed E-state index contributed by atoms with van der Waals surface area (Å²) in [6.07, 6.45) is 2.54. The normalized spacial score (nSPS) is 27.9. The van der Waals surface area contributed by atoms with Gasteiger partial charge in [0.2, 0.25) is 5.28 Å².